The van der Waals surface area contributed by atoms with Crippen molar-refractivity contribution in [1.82, 2.24) is 10.2 Å². The van der Waals surface area contributed by atoms with Crippen LogP contribution in [0.5, 0.6) is 5.75 Å². The molecule has 2 aromatic carbocycles. The molecule has 1 saturated heterocycles. The largest absolute Gasteiger partial charge is 0.497 e. The molecule has 1 N–H and O–H groups in total. The van der Waals surface area contributed by atoms with Gasteiger partial charge < -0.3 is 14.8 Å². The van der Waals surface area contributed by atoms with E-state index in [0.29, 0.717) is 31.2 Å². The first-order valence-electron chi connectivity index (χ1n) is 11.8. The first kappa shape index (κ1) is 24.9. The molecule has 0 spiro atoms. The Bertz CT molecular complexity index is 887. The zero-order valence-corrected chi connectivity index (χ0v) is 20.0. The van der Waals surface area contributed by atoms with E-state index in [-0.39, 0.29) is 30.6 Å². The predicted octanol–water partition coefficient (Wildman–Crippen LogP) is 4.05. The number of ketones is 1. The first-order valence-corrected chi connectivity index (χ1v) is 11.8. The van der Waals surface area contributed by atoms with Crippen molar-refractivity contribution in [2.45, 2.75) is 39.2 Å². The lowest BCUT2D eigenvalue weighted by Gasteiger charge is -2.35. The van der Waals surface area contributed by atoms with E-state index in [0.717, 1.165) is 30.8 Å². The molecule has 6 nitrogen and oxygen atoms in total. The number of benzene rings is 2. The maximum Gasteiger partial charge on any atom is 0.220 e. The second-order valence-electron chi connectivity index (χ2n) is 8.96. The number of Topliss-reactive ketones (excluding diaryl/α,β-unsaturated/α-hetero) is 1. The molecule has 33 heavy (non-hydrogen) atoms. The summed E-state index contributed by atoms with van der Waals surface area (Å²) in [6.45, 7) is 7.85. The van der Waals surface area contributed by atoms with E-state index in [2.05, 4.69) is 24.1 Å². The van der Waals surface area contributed by atoms with Gasteiger partial charge in [-0.1, -0.05) is 50.2 Å². The van der Waals surface area contributed by atoms with Crippen molar-refractivity contribution in [3.8, 4) is 5.75 Å². The Balaban J connectivity index is 1.53. The minimum Gasteiger partial charge on any atom is -0.497 e. The van der Waals surface area contributed by atoms with Crippen LogP contribution in [0.3, 0.4) is 0 Å². The number of ether oxygens (including phenoxy) is 2. The van der Waals surface area contributed by atoms with Crippen LogP contribution in [-0.4, -0.2) is 56.5 Å². The molecule has 3 rings (SSSR count). The second-order valence-corrected chi connectivity index (χ2v) is 8.96. The van der Waals surface area contributed by atoms with Gasteiger partial charge in [-0.05, 0) is 35.6 Å². The van der Waals surface area contributed by atoms with Gasteiger partial charge in [-0.3, -0.25) is 14.5 Å². The van der Waals surface area contributed by atoms with Gasteiger partial charge in [-0.2, -0.15) is 0 Å². The number of carbonyl (C=O) groups excluding carboxylic acids is 2. The lowest BCUT2D eigenvalue weighted by Crippen LogP contribution is -2.43. The Labute approximate surface area is 197 Å². The summed E-state index contributed by atoms with van der Waals surface area (Å²) in [7, 11) is 1.65. The minimum atomic E-state index is -0.105. The molecule has 178 valence electrons. The molecule has 2 aromatic rings. The molecule has 1 atom stereocenters. The van der Waals surface area contributed by atoms with E-state index in [1.807, 2.05) is 48.5 Å². The van der Waals surface area contributed by atoms with Crippen molar-refractivity contribution < 1.29 is 19.1 Å². The van der Waals surface area contributed by atoms with Gasteiger partial charge in [0.05, 0.1) is 26.4 Å². The normalized spacial score (nSPS) is 15.3. The highest BCUT2D eigenvalue weighted by Crippen LogP contribution is 2.24. The molecular weight excluding hydrogens is 416 g/mol. The first-order chi connectivity index (χ1) is 16.0. The van der Waals surface area contributed by atoms with Crippen molar-refractivity contribution in [2.24, 2.45) is 5.92 Å². The summed E-state index contributed by atoms with van der Waals surface area (Å²) in [5.74, 6) is 1.28. The molecule has 1 heterocycles. The number of carbonyl (C=O) groups is 2. The van der Waals surface area contributed by atoms with Crippen LogP contribution in [0.2, 0.25) is 0 Å². The molecular formula is C27H36N2O4. The summed E-state index contributed by atoms with van der Waals surface area (Å²) in [5.41, 5.74) is 3.02. The fraction of sp³-hybridized carbons (Fsp3) is 0.481. The molecule has 1 amide bonds. The Morgan fingerprint density at radius 1 is 1.00 bits per heavy atom. The molecule has 1 aliphatic rings. The van der Waals surface area contributed by atoms with Crippen LogP contribution in [0.4, 0.5) is 0 Å². The van der Waals surface area contributed by atoms with Gasteiger partial charge >= 0.3 is 0 Å². The van der Waals surface area contributed by atoms with Crippen molar-refractivity contribution in [3.63, 3.8) is 0 Å². The van der Waals surface area contributed by atoms with Gasteiger partial charge in [0.2, 0.25) is 5.91 Å². The monoisotopic (exact) mass is 452 g/mol. The van der Waals surface area contributed by atoms with Gasteiger partial charge in [0.1, 0.15) is 5.75 Å². The fourth-order valence-corrected chi connectivity index (χ4v) is 4.14. The summed E-state index contributed by atoms with van der Waals surface area (Å²) in [5, 5.41) is 3.04. The predicted molar refractivity (Wildman–Crippen MR) is 130 cm³/mol. The van der Waals surface area contributed by atoms with Crippen molar-refractivity contribution >= 4 is 11.7 Å². The average Bonchev–Trinajstić information content (AvgIpc) is 2.84. The van der Waals surface area contributed by atoms with Crippen LogP contribution in [0.1, 0.15) is 54.2 Å². The Morgan fingerprint density at radius 2 is 1.67 bits per heavy atom. The SMILES string of the molecule is COc1ccc(C(CNC(=O)CCC(=O)c2ccc(CC(C)C)cc2)N2CCOCC2)cc1. The minimum absolute atomic E-state index is 0.00105. The van der Waals surface area contributed by atoms with Gasteiger partial charge in [-0.25, -0.2) is 0 Å². The highest BCUT2D eigenvalue weighted by Gasteiger charge is 2.23. The maximum atomic E-state index is 12.5. The lowest BCUT2D eigenvalue weighted by atomic mass is 9.99. The Hall–Kier alpha value is -2.70. The average molecular weight is 453 g/mol. The zero-order chi connectivity index (χ0) is 23.6. The number of amides is 1. The Kier molecular flexibility index (Phi) is 9.46. The topological polar surface area (TPSA) is 67.9 Å². The summed E-state index contributed by atoms with van der Waals surface area (Å²) >= 11 is 0. The number of hydrogen-bond donors (Lipinski definition) is 1. The van der Waals surface area contributed by atoms with Crippen LogP contribution in [0, 0.1) is 5.92 Å². The highest BCUT2D eigenvalue weighted by molar-refractivity contribution is 5.97. The number of morpholine rings is 1. The molecule has 0 aliphatic carbocycles. The number of nitrogens with one attached hydrogen (secondary N) is 1. The number of nitrogens with zero attached hydrogens (tertiary/aromatic N) is 1. The molecule has 0 saturated carbocycles. The van der Waals surface area contributed by atoms with E-state index < -0.39 is 0 Å². The van der Waals surface area contributed by atoms with E-state index in [1.54, 1.807) is 7.11 Å². The molecule has 6 heteroatoms. The van der Waals surface area contributed by atoms with Crippen LogP contribution in [-0.2, 0) is 16.0 Å². The van der Waals surface area contributed by atoms with Gasteiger partial charge in [-0.15, -0.1) is 0 Å². The molecule has 0 bridgehead atoms. The van der Waals surface area contributed by atoms with Crippen LogP contribution < -0.4 is 10.1 Å². The summed E-state index contributed by atoms with van der Waals surface area (Å²) in [6.07, 6.45) is 1.39. The number of hydrogen-bond acceptors (Lipinski definition) is 5. The van der Waals surface area contributed by atoms with E-state index in [1.165, 1.54) is 5.56 Å². The van der Waals surface area contributed by atoms with Crippen LogP contribution >= 0.6 is 0 Å². The maximum absolute atomic E-state index is 12.5. The molecule has 1 aliphatic heterocycles. The van der Waals surface area contributed by atoms with Gasteiger partial charge in [0.25, 0.3) is 0 Å². The molecule has 0 radical (unpaired) electrons. The van der Waals surface area contributed by atoms with Gasteiger partial charge in [0.15, 0.2) is 5.78 Å². The third kappa shape index (κ3) is 7.69. The van der Waals surface area contributed by atoms with E-state index >= 15 is 0 Å². The van der Waals surface area contributed by atoms with E-state index in [9.17, 15) is 9.59 Å². The standard InChI is InChI=1S/C27H36N2O4/c1-20(2)18-21-4-6-23(7-5-21)26(30)12-13-27(31)28-19-25(29-14-16-33-17-15-29)22-8-10-24(32-3)11-9-22/h4-11,20,25H,12-19H2,1-3H3,(H,28,31). The molecule has 1 fully saturated rings. The van der Waals surface area contributed by atoms with Gasteiger partial charge in [0, 0.05) is 38.0 Å². The van der Waals surface area contributed by atoms with Crippen LogP contribution in [0.15, 0.2) is 48.5 Å². The fourth-order valence-electron chi connectivity index (χ4n) is 4.14. The highest BCUT2D eigenvalue weighted by atomic mass is 16.5. The van der Waals surface area contributed by atoms with Crippen molar-refractivity contribution in [1.29, 1.82) is 0 Å². The summed E-state index contributed by atoms with van der Waals surface area (Å²) in [6, 6.07) is 15.8. The number of methoxy groups -OCH3 is 1. The zero-order valence-electron chi connectivity index (χ0n) is 20.0. The summed E-state index contributed by atoms with van der Waals surface area (Å²) in [4.78, 5) is 27.4. The Morgan fingerprint density at radius 3 is 2.27 bits per heavy atom. The molecule has 0 aromatic heterocycles. The van der Waals surface area contributed by atoms with Crippen molar-refractivity contribution in [2.75, 3.05) is 40.0 Å². The summed E-state index contributed by atoms with van der Waals surface area (Å²) < 4.78 is 10.8. The quantitative estimate of drug-likeness (QED) is 0.521. The second kappa shape index (κ2) is 12.5. The van der Waals surface area contributed by atoms with Crippen molar-refractivity contribution in [3.05, 3.63) is 65.2 Å². The molecule has 1 unspecified atom stereocenters. The third-order valence-corrected chi connectivity index (χ3v) is 5.98. The van der Waals surface area contributed by atoms with Crippen LogP contribution in [0.25, 0.3) is 0 Å². The lowest BCUT2D eigenvalue weighted by molar-refractivity contribution is -0.121. The third-order valence-electron chi connectivity index (χ3n) is 5.98. The smallest absolute Gasteiger partial charge is 0.220 e. The number of rotatable bonds is 11. The van der Waals surface area contributed by atoms with E-state index in [4.69, 9.17) is 9.47 Å².